The molecule has 0 aromatic rings. The molecule has 1 fully saturated rings. The van der Waals surface area contributed by atoms with Gasteiger partial charge in [-0.05, 0) is 32.7 Å². The molecule has 2 N–H and O–H groups in total. The van der Waals surface area contributed by atoms with E-state index in [2.05, 4.69) is 5.32 Å². The molecule has 1 aliphatic rings. The van der Waals surface area contributed by atoms with Crippen LogP contribution in [0.5, 0.6) is 0 Å². The Morgan fingerprint density at radius 2 is 2.05 bits per heavy atom. The van der Waals surface area contributed by atoms with Crippen molar-refractivity contribution in [3.05, 3.63) is 0 Å². The summed E-state index contributed by atoms with van der Waals surface area (Å²) in [7, 11) is 0. The second-order valence-corrected chi connectivity index (χ2v) is 5.38. The average Bonchev–Trinajstić information content (AvgIpc) is 2.37. The molecule has 1 saturated carbocycles. The van der Waals surface area contributed by atoms with Gasteiger partial charge in [-0.3, -0.25) is 14.5 Å². The molecule has 0 spiro atoms. The quantitative estimate of drug-likeness (QED) is 0.657. The first kappa shape index (κ1) is 16.9. The third-order valence-electron chi connectivity index (χ3n) is 3.81. The fourth-order valence-corrected chi connectivity index (χ4v) is 2.28. The van der Waals surface area contributed by atoms with Crippen LogP contribution in [-0.2, 0) is 14.3 Å². The van der Waals surface area contributed by atoms with Gasteiger partial charge in [-0.1, -0.05) is 13.8 Å². The van der Waals surface area contributed by atoms with Crippen molar-refractivity contribution in [2.75, 3.05) is 19.7 Å². The van der Waals surface area contributed by atoms with Crippen LogP contribution in [0.4, 0.5) is 0 Å². The van der Waals surface area contributed by atoms with Crippen molar-refractivity contribution in [1.82, 2.24) is 10.2 Å². The summed E-state index contributed by atoms with van der Waals surface area (Å²) in [6.07, 6.45) is 2.62. The van der Waals surface area contributed by atoms with Gasteiger partial charge in [0.05, 0.1) is 12.6 Å². The van der Waals surface area contributed by atoms with Gasteiger partial charge < -0.3 is 15.2 Å². The molecule has 6 nitrogen and oxygen atoms in total. The Kier molecular flexibility index (Phi) is 6.95. The lowest BCUT2D eigenvalue weighted by Crippen LogP contribution is -2.55. The van der Waals surface area contributed by atoms with E-state index in [-0.39, 0.29) is 37.2 Å². The Balaban J connectivity index is 2.20. The third-order valence-corrected chi connectivity index (χ3v) is 3.81. The Labute approximate surface area is 120 Å². The maximum Gasteiger partial charge on any atom is 0.317 e. The van der Waals surface area contributed by atoms with Crippen molar-refractivity contribution >= 4 is 11.9 Å². The number of carboxylic acid groups (broad SMARTS) is 1. The molecule has 1 atom stereocenters. The zero-order valence-electron chi connectivity index (χ0n) is 12.6. The molecule has 0 radical (unpaired) electrons. The van der Waals surface area contributed by atoms with Crippen molar-refractivity contribution < 1.29 is 19.4 Å². The van der Waals surface area contributed by atoms with Crippen LogP contribution in [0.2, 0.25) is 0 Å². The van der Waals surface area contributed by atoms with Crippen LogP contribution in [0.3, 0.4) is 0 Å². The van der Waals surface area contributed by atoms with Crippen molar-refractivity contribution in [2.45, 2.75) is 58.2 Å². The molecule has 0 aromatic carbocycles. The van der Waals surface area contributed by atoms with Gasteiger partial charge in [0.15, 0.2) is 0 Å². The molecular weight excluding hydrogens is 260 g/mol. The molecule has 6 heteroatoms. The standard InChI is InChI=1S/C14H26N2O4/c1-4-10(3)20-9-13(17)15-11-6-12(7-11)16(5-2)8-14(18)19/h10-12H,4-9H2,1-3H3,(H,15,17)(H,18,19). The molecule has 116 valence electrons. The predicted octanol–water partition coefficient (Wildman–Crippen LogP) is 0.855. The number of amides is 1. The number of hydrogen-bond acceptors (Lipinski definition) is 4. The van der Waals surface area contributed by atoms with Gasteiger partial charge in [-0.15, -0.1) is 0 Å². The summed E-state index contributed by atoms with van der Waals surface area (Å²) in [4.78, 5) is 24.3. The highest BCUT2D eigenvalue weighted by atomic mass is 16.5. The first-order valence-corrected chi connectivity index (χ1v) is 7.33. The molecule has 0 bridgehead atoms. The second-order valence-electron chi connectivity index (χ2n) is 5.38. The smallest absolute Gasteiger partial charge is 0.317 e. The topological polar surface area (TPSA) is 78.9 Å². The summed E-state index contributed by atoms with van der Waals surface area (Å²) in [6, 6.07) is 0.410. The number of hydrogen-bond donors (Lipinski definition) is 2. The molecule has 0 aliphatic heterocycles. The maximum absolute atomic E-state index is 11.6. The monoisotopic (exact) mass is 286 g/mol. The fourth-order valence-electron chi connectivity index (χ4n) is 2.28. The Bertz CT molecular complexity index is 329. The van der Waals surface area contributed by atoms with Crippen LogP contribution in [0.25, 0.3) is 0 Å². The van der Waals surface area contributed by atoms with E-state index in [1.54, 1.807) is 0 Å². The zero-order chi connectivity index (χ0) is 15.1. The van der Waals surface area contributed by atoms with Gasteiger partial charge >= 0.3 is 5.97 Å². The average molecular weight is 286 g/mol. The third kappa shape index (κ3) is 5.46. The van der Waals surface area contributed by atoms with E-state index in [1.807, 2.05) is 25.7 Å². The van der Waals surface area contributed by atoms with E-state index < -0.39 is 5.97 Å². The number of likely N-dealkylation sites (N-methyl/N-ethyl adjacent to an activating group) is 1. The van der Waals surface area contributed by atoms with E-state index >= 15 is 0 Å². The number of rotatable bonds is 9. The van der Waals surface area contributed by atoms with Crippen LogP contribution in [0.1, 0.15) is 40.0 Å². The second kappa shape index (κ2) is 8.21. The molecule has 0 heterocycles. The molecule has 1 unspecified atom stereocenters. The number of nitrogens with zero attached hydrogens (tertiary/aromatic N) is 1. The summed E-state index contributed by atoms with van der Waals surface area (Å²) in [6.45, 7) is 6.80. The van der Waals surface area contributed by atoms with E-state index in [0.717, 1.165) is 25.8 Å². The lowest BCUT2D eigenvalue weighted by molar-refractivity contribution is -0.140. The number of aliphatic carboxylic acids is 1. The van der Waals surface area contributed by atoms with Gasteiger partial charge in [-0.25, -0.2) is 0 Å². The minimum atomic E-state index is -0.804. The highest BCUT2D eigenvalue weighted by molar-refractivity contribution is 5.77. The Morgan fingerprint density at radius 1 is 1.40 bits per heavy atom. The summed E-state index contributed by atoms with van der Waals surface area (Å²) >= 11 is 0. The SMILES string of the molecule is CCC(C)OCC(=O)NC1CC(N(CC)CC(=O)O)C1. The number of ether oxygens (including phenoxy) is 1. The highest BCUT2D eigenvalue weighted by Gasteiger charge is 2.34. The van der Waals surface area contributed by atoms with E-state index in [0.29, 0.717) is 0 Å². The summed E-state index contributed by atoms with van der Waals surface area (Å²) in [5, 5.41) is 11.7. The van der Waals surface area contributed by atoms with E-state index in [1.165, 1.54) is 0 Å². The van der Waals surface area contributed by atoms with Crippen LogP contribution in [-0.4, -0.2) is 59.8 Å². The molecule has 20 heavy (non-hydrogen) atoms. The molecule has 1 amide bonds. The summed E-state index contributed by atoms with van der Waals surface area (Å²) < 4.78 is 5.37. The van der Waals surface area contributed by atoms with E-state index in [4.69, 9.17) is 9.84 Å². The summed E-state index contributed by atoms with van der Waals surface area (Å²) in [5.74, 6) is -0.892. The Hall–Kier alpha value is -1.14. The van der Waals surface area contributed by atoms with Crippen LogP contribution in [0.15, 0.2) is 0 Å². The fraction of sp³-hybridized carbons (Fsp3) is 0.857. The first-order valence-electron chi connectivity index (χ1n) is 7.33. The maximum atomic E-state index is 11.6. The van der Waals surface area contributed by atoms with Crippen molar-refractivity contribution in [3.63, 3.8) is 0 Å². The normalized spacial score (nSPS) is 23.2. The van der Waals surface area contributed by atoms with Gasteiger partial charge in [-0.2, -0.15) is 0 Å². The van der Waals surface area contributed by atoms with Gasteiger partial charge in [0, 0.05) is 12.1 Å². The van der Waals surface area contributed by atoms with Crippen LogP contribution in [0, 0.1) is 0 Å². The number of carbonyl (C=O) groups is 2. The highest BCUT2D eigenvalue weighted by Crippen LogP contribution is 2.25. The lowest BCUT2D eigenvalue weighted by Gasteiger charge is -2.42. The molecule has 0 aromatic heterocycles. The minimum absolute atomic E-state index is 0.0684. The largest absolute Gasteiger partial charge is 0.480 e. The summed E-state index contributed by atoms with van der Waals surface area (Å²) in [5.41, 5.74) is 0. The molecule has 1 rings (SSSR count). The van der Waals surface area contributed by atoms with Crippen molar-refractivity contribution in [3.8, 4) is 0 Å². The lowest BCUT2D eigenvalue weighted by atomic mass is 9.85. The van der Waals surface area contributed by atoms with E-state index in [9.17, 15) is 9.59 Å². The zero-order valence-corrected chi connectivity index (χ0v) is 12.6. The molecule has 0 saturated heterocycles. The van der Waals surface area contributed by atoms with Crippen LogP contribution < -0.4 is 5.32 Å². The van der Waals surface area contributed by atoms with Gasteiger partial charge in [0.2, 0.25) is 5.91 Å². The molecule has 1 aliphatic carbocycles. The predicted molar refractivity (Wildman–Crippen MR) is 75.5 cm³/mol. The van der Waals surface area contributed by atoms with Crippen LogP contribution >= 0.6 is 0 Å². The van der Waals surface area contributed by atoms with Crippen molar-refractivity contribution in [1.29, 1.82) is 0 Å². The number of carboxylic acids is 1. The first-order chi connectivity index (χ1) is 9.46. The van der Waals surface area contributed by atoms with Crippen molar-refractivity contribution in [2.24, 2.45) is 0 Å². The number of nitrogens with one attached hydrogen (secondary N) is 1. The minimum Gasteiger partial charge on any atom is -0.480 e. The van der Waals surface area contributed by atoms with Gasteiger partial charge in [0.25, 0.3) is 0 Å². The number of carbonyl (C=O) groups excluding carboxylic acids is 1. The molecular formula is C14H26N2O4. The Morgan fingerprint density at radius 3 is 2.55 bits per heavy atom. The van der Waals surface area contributed by atoms with Gasteiger partial charge in [0.1, 0.15) is 6.61 Å².